The highest BCUT2D eigenvalue weighted by Crippen LogP contribution is 2.37. The van der Waals surface area contributed by atoms with Gasteiger partial charge in [-0.3, -0.25) is 9.97 Å². The van der Waals surface area contributed by atoms with E-state index in [9.17, 15) is 8.78 Å². The molecular formula is C12H9Cl2F2N3O. The maximum atomic E-state index is 12.2. The van der Waals surface area contributed by atoms with Crippen molar-refractivity contribution in [1.29, 1.82) is 0 Å². The number of ether oxygens (including phenoxy) is 1. The van der Waals surface area contributed by atoms with E-state index in [0.717, 1.165) is 0 Å². The number of hydrogen-bond donors (Lipinski definition) is 1. The highest BCUT2D eigenvalue weighted by atomic mass is 35.5. The highest BCUT2D eigenvalue weighted by molar-refractivity contribution is 6.37. The van der Waals surface area contributed by atoms with E-state index in [0.29, 0.717) is 17.9 Å². The van der Waals surface area contributed by atoms with Gasteiger partial charge in [0, 0.05) is 18.1 Å². The van der Waals surface area contributed by atoms with Crippen molar-refractivity contribution < 1.29 is 13.5 Å². The van der Waals surface area contributed by atoms with Gasteiger partial charge in [-0.1, -0.05) is 23.2 Å². The van der Waals surface area contributed by atoms with Crippen LogP contribution in [0.1, 0.15) is 5.69 Å². The molecule has 0 radical (unpaired) electrons. The number of aromatic nitrogens is 2. The van der Waals surface area contributed by atoms with Crippen molar-refractivity contribution in [3.8, 4) is 5.75 Å². The van der Waals surface area contributed by atoms with Crippen LogP contribution in [-0.2, 0) is 6.54 Å². The molecule has 0 aliphatic heterocycles. The van der Waals surface area contributed by atoms with Crippen LogP contribution in [0.3, 0.4) is 0 Å². The topological polar surface area (TPSA) is 47.0 Å². The van der Waals surface area contributed by atoms with Crippen LogP contribution in [0, 0.1) is 0 Å². The molecule has 0 saturated heterocycles. The van der Waals surface area contributed by atoms with Crippen molar-refractivity contribution in [3.05, 3.63) is 46.5 Å². The van der Waals surface area contributed by atoms with Gasteiger partial charge < -0.3 is 10.1 Å². The lowest BCUT2D eigenvalue weighted by Gasteiger charge is -2.12. The standard InChI is InChI=1S/C12H9Cl2F2N3O/c13-9-3-7(4-10(14)11(9)20-12(15)16)19-6-8-5-17-1-2-18-8/h1-5,12,19H,6H2. The summed E-state index contributed by atoms with van der Waals surface area (Å²) in [5, 5.41) is 3.01. The van der Waals surface area contributed by atoms with E-state index in [-0.39, 0.29) is 15.8 Å². The molecule has 0 aliphatic rings. The Labute approximate surface area is 123 Å². The minimum absolute atomic E-state index is 0.000513. The fraction of sp³-hybridized carbons (Fsp3) is 0.167. The summed E-state index contributed by atoms with van der Waals surface area (Å²) in [4.78, 5) is 8.00. The minimum atomic E-state index is -2.98. The molecule has 0 atom stereocenters. The molecule has 20 heavy (non-hydrogen) atoms. The molecule has 106 valence electrons. The lowest BCUT2D eigenvalue weighted by atomic mass is 10.3. The lowest BCUT2D eigenvalue weighted by Crippen LogP contribution is -2.05. The molecule has 0 spiro atoms. The third-order valence-corrected chi connectivity index (χ3v) is 2.86. The van der Waals surface area contributed by atoms with Crippen LogP contribution < -0.4 is 10.1 Å². The van der Waals surface area contributed by atoms with Gasteiger partial charge in [-0.05, 0) is 12.1 Å². The zero-order valence-electron chi connectivity index (χ0n) is 9.99. The van der Waals surface area contributed by atoms with Gasteiger partial charge in [0.2, 0.25) is 0 Å². The minimum Gasteiger partial charge on any atom is -0.432 e. The molecule has 0 aliphatic carbocycles. The zero-order chi connectivity index (χ0) is 14.5. The number of alkyl halides is 2. The first-order chi connectivity index (χ1) is 9.56. The number of halogens is 4. The SMILES string of the molecule is FC(F)Oc1c(Cl)cc(NCc2cnccn2)cc1Cl. The molecule has 1 aromatic carbocycles. The first kappa shape index (κ1) is 14.7. The van der Waals surface area contributed by atoms with Crippen LogP contribution in [0.4, 0.5) is 14.5 Å². The summed E-state index contributed by atoms with van der Waals surface area (Å²) in [6.07, 6.45) is 4.73. The van der Waals surface area contributed by atoms with E-state index in [1.807, 2.05) is 0 Å². The van der Waals surface area contributed by atoms with Crippen molar-refractivity contribution in [2.75, 3.05) is 5.32 Å². The first-order valence-electron chi connectivity index (χ1n) is 5.49. The molecule has 0 bridgehead atoms. The highest BCUT2D eigenvalue weighted by Gasteiger charge is 2.14. The molecule has 2 rings (SSSR count). The van der Waals surface area contributed by atoms with E-state index in [2.05, 4.69) is 20.0 Å². The molecular weight excluding hydrogens is 311 g/mol. The molecule has 1 N–H and O–H groups in total. The van der Waals surface area contributed by atoms with Gasteiger partial charge in [-0.2, -0.15) is 8.78 Å². The Kier molecular flexibility index (Phi) is 4.92. The monoisotopic (exact) mass is 319 g/mol. The van der Waals surface area contributed by atoms with Gasteiger partial charge in [0.15, 0.2) is 5.75 Å². The molecule has 1 heterocycles. The van der Waals surface area contributed by atoms with E-state index < -0.39 is 6.61 Å². The smallest absolute Gasteiger partial charge is 0.387 e. The average molecular weight is 320 g/mol. The van der Waals surface area contributed by atoms with Gasteiger partial charge in [0.1, 0.15) is 0 Å². The van der Waals surface area contributed by atoms with Crippen molar-refractivity contribution in [2.45, 2.75) is 13.2 Å². The Bertz CT molecular complexity index is 561. The first-order valence-corrected chi connectivity index (χ1v) is 6.24. The van der Waals surface area contributed by atoms with Crippen LogP contribution in [0.5, 0.6) is 5.75 Å². The lowest BCUT2D eigenvalue weighted by molar-refractivity contribution is -0.0497. The summed E-state index contributed by atoms with van der Waals surface area (Å²) >= 11 is 11.7. The zero-order valence-corrected chi connectivity index (χ0v) is 11.5. The van der Waals surface area contributed by atoms with E-state index in [1.54, 1.807) is 18.6 Å². The molecule has 0 saturated carbocycles. The second-order valence-electron chi connectivity index (χ2n) is 3.70. The Morgan fingerprint density at radius 2 is 1.90 bits per heavy atom. The number of nitrogens with zero attached hydrogens (tertiary/aromatic N) is 2. The van der Waals surface area contributed by atoms with E-state index >= 15 is 0 Å². The molecule has 0 unspecified atom stereocenters. The van der Waals surface area contributed by atoms with E-state index in [1.165, 1.54) is 12.1 Å². The predicted octanol–water partition coefficient (Wildman–Crippen LogP) is 4.00. The summed E-state index contributed by atoms with van der Waals surface area (Å²) < 4.78 is 28.6. The van der Waals surface area contributed by atoms with Crippen molar-refractivity contribution in [2.24, 2.45) is 0 Å². The summed E-state index contributed by atoms with van der Waals surface area (Å²) in [5.41, 5.74) is 1.28. The van der Waals surface area contributed by atoms with Crippen molar-refractivity contribution >= 4 is 28.9 Å². The fourth-order valence-electron chi connectivity index (χ4n) is 1.48. The van der Waals surface area contributed by atoms with Gasteiger partial charge in [-0.25, -0.2) is 0 Å². The molecule has 0 amide bonds. The molecule has 4 nitrogen and oxygen atoms in total. The summed E-state index contributed by atoms with van der Waals surface area (Å²) in [7, 11) is 0. The maximum absolute atomic E-state index is 12.2. The van der Waals surface area contributed by atoms with Crippen LogP contribution >= 0.6 is 23.2 Å². The van der Waals surface area contributed by atoms with Gasteiger partial charge in [0.05, 0.1) is 28.5 Å². The maximum Gasteiger partial charge on any atom is 0.387 e. The van der Waals surface area contributed by atoms with Crippen LogP contribution in [0.2, 0.25) is 10.0 Å². The molecule has 2 aromatic rings. The third-order valence-electron chi connectivity index (χ3n) is 2.30. The largest absolute Gasteiger partial charge is 0.432 e. The van der Waals surface area contributed by atoms with Crippen LogP contribution in [-0.4, -0.2) is 16.6 Å². The van der Waals surface area contributed by atoms with Gasteiger partial charge in [-0.15, -0.1) is 0 Å². The quantitative estimate of drug-likeness (QED) is 0.905. The summed E-state index contributed by atoms with van der Waals surface area (Å²) in [6, 6.07) is 2.89. The Morgan fingerprint density at radius 3 is 2.45 bits per heavy atom. The van der Waals surface area contributed by atoms with Crippen molar-refractivity contribution in [3.63, 3.8) is 0 Å². The number of nitrogens with one attached hydrogen (secondary N) is 1. The molecule has 0 fully saturated rings. The second kappa shape index (κ2) is 6.67. The molecule has 8 heteroatoms. The van der Waals surface area contributed by atoms with Gasteiger partial charge in [0.25, 0.3) is 0 Å². The van der Waals surface area contributed by atoms with Gasteiger partial charge >= 0.3 is 6.61 Å². The number of anilines is 1. The summed E-state index contributed by atoms with van der Waals surface area (Å²) in [6.45, 7) is -2.58. The Hall–Kier alpha value is -1.66. The second-order valence-corrected chi connectivity index (χ2v) is 4.51. The predicted molar refractivity (Wildman–Crippen MR) is 72.5 cm³/mol. The normalized spacial score (nSPS) is 10.7. The number of rotatable bonds is 5. The van der Waals surface area contributed by atoms with Crippen LogP contribution in [0.25, 0.3) is 0 Å². The van der Waals surface area contributed by atoms with Crippen molar-refractivity contribution in [1.82, 2.24) is 9.97 Å². The Balaban J connectivity index is 2.10. The third kappa shape index (κ3) is 3.91. The van der Waals surface area contributed by atoms with Crippen LogP contribution in [0.15, 0.2) is 30.7 Å². The molecule has 1 aromatic heterocycles. The average Bonchev–Trinajstić information content (AvgIpc) is 2.41. The number of hydrogen-bond acceptors (Lipinski definition) is 4. The van der Waals surface area contributed by atoms with E-state index in [4.69, 9.17) is 23.2 Å². The fourth-order valence-corrected chi connectivity index (χ4v) is 2.05. The summed E-state index contributed by atoms with van der Waals surface area (Å²) in [5.74, 6) is -0.242. The number of benzene rings is 1. The Morgan fingerprint density at radius 1 is 1.20 bits per heavy atom.